The summed E-state index contributed by atoms with van der Waals surface area (Å²) in [5.74, 6) is 0.923. The zero-order valence-corrected chi connectivity index (χ0v) is 9.56. The molecule has 2 nitrogen and oxygen atoms in total. The zero-order valence-electron chi connectivity index (χ0n) is 8.66. The van der Waals surface area contributed by atoms with Crippen LogP contribution in [0.2, 0.25) is 0 Å². The quantitative estimate of drug-likeness (QED) is 0.677. The van der Waals surface area contributed by atoms with Gasteiger partial charge in [0.2, 0.25) is 0 Å². The van der Waals surface area contributed by atoms with Gasteiger partial charge in [0.15, 0.2) is 0 Å². The first-order valence-electron chi connectivity index (χ1n) is 5.05. The summed E-state index contributed by atoms with van der Waals surface area (Å²) in [6, 6.07) is 0. The van der Waals surface area contributed by atoms with Crippen LogP contribution >= 0.6 is 12.6 Å². The third-order valence-corrected chi connectivity index (χ3v) is 3.49. The van der Waals surface area contributed by atoms with Gasteiger partial charge >= 0.3 is 0 Å². The van der Waals surface area contributed by atoms with Crippen molar-refractivity contribution in [3.8, 4) is 0 Å². The summed E-state index contributed by atoms with van der Waals surface area (Å²) in [4.78, 5) is 2.43. The Labute approximate surface area is 86.7 Å². The maximum Gasteiger partial charge on any atom is 0.0564 e. The molecule has 1 saturated heterocycles. The van der Waals surface area contributed by atoms with Gasteiger partial charge in [0, 0.05) is 19.6 Å². The van der Waals surface area contributed by atoms with Gasteiger partial charge in [-0.05, 0) is 24.0 Å². The summed E-state index contributed by atoms with van der Waals surface area (Å²) in [6.07, 6.45) is 1.81. The monoisotopic (exact) mass is 203 g/mol. The Bertz CT molecular complexity index is 153. The van der Waals surface area contributed by atoms with E-state index in [9.17, 15) is 5.11 Å². The Hall–Kier alpha value is 0.270. The summed E-state index contributed by atoms with van der Waals surface area (Å²) >= 11 is 4.34. The van der Waals surface area contributed by atoms with Crippen LogP contribution in [0.15, 0.2) is 0 Å². The molecule has 13 heavy (non-hydrogen) atoms. The van der Waals surface area contributed by atoms with Crippen LogP contribution in [0.25, 0.3) is 0 Å². The van der Waals surface area contributed by atoms with E-state index in [4.69, 9.17) is 0 Å². The minimum Gasteiger partial charge on any atom is -0.393 e. The Kier molecular flexibility index (Phi) is 4.07. The molecule has 1 heterocycles. The molecule has 0 bridgehead atoms. The Morgan fingerprint density at radius 3 is 2.38 bits per heavy atom. The van der Waals surface area contributed by atoms with E-state index in [1.807, 2.05) is 0 Å². The van der Waals surface area contributed by atoms with Crippen molar-refractivity contribution in [3.05, 3.63) is 0 Å². The predicted molar refractivity (Wildman–Crippen MR) is 59.3 cm³/mol. The van der Waals surface area contributed by atoms with Gasteiger partial charge in [-0.15, -0.1) is 0 Å². The molecule has 1 aliphatic heterocycles. The normalized spacial score (nSPS) is 22.2. The maximum atomic E-state index is 9.34. The van der Waals surface area contributed by atoms with E-state index in [0.29, 0.717) is 5.41 Å². The van der Waals surface area contributed by atoms with Gasteiger partial charge in [-0.2, -0.15) is 12.6 Å². The Balaban J connectivity index is 2.30. The maximum absolute atomic E-state index is 9.34. The van der Waals surface area contributed by atoms with Crippen LogP contribution in [-0.2, 0) is 0 Å². The number of aliphatic hydroxyl groups excluding tert-OH is 1. The van der Waals surface area contributed by atoms with Crippen LogP contribution in [0, 0.1) is 5.41 Å². The zero-order chi connectivity index (χ0) is 9.90. The van der Waals surface area contributed by atoms with Gasteiger partial charge in [-0.3, -0.25) is 0 Å². The highest BCUT2D eigenvalue weighted by Crippen LogP contribution is 2.21. The number of piperidine rings is 1. The lowest BCUT2D eigenvalue weighted by molar-refractivity contribution is 0.0671. The molecule has 1 aliphatic rings. The summed E-state index contributed by atoms with van der Waals surface area (Å²) in [6.45, 7) is 7.66. The summed E-state index contributed by atoms with van der Waals surface area (Å²) in [5, 5.41) is 9.34. The largest absolute Gasteiger partial charge is 0.393 e. The second kappa shape index (κ2) is 4.67. The van der Waals surface area contributed by atoms with Crippen molar-refractivity contribution in [3.63, 3.8) is 0 Å². The van der Waals surface area contributed by atoms with Crippen LogP contribution in [0.1, 0.15) is 26.7 Å². The van der Waals surface area contributed by atoms with Crippen LogP contribution in [0.3, 0.4) is 0 Å². The van der Waals surface area contributed by atoms with Crippen LogP contribution in [0.4, 0.5) is 0 Å². The van der Waals surface area contributed by atoms with Gasteiger partial charge in [0.05, 0.1) is 6.10 Å². The van der Waals surface area contributed by atoms with Crippen molar-refractivity contribution >= 4 is 12.6 Å². The molecule has 0 atom stereocenters. The van der Waals surface area contributed by atoms with Crippen molar-refractivity contribution in [1.82, 2.24) is 4.90 Å². The average molecular weight is 203 g/mol. The molecular formula is C10H21NOS. The molecule has 0 aromatic rings. The fourth-order valence-corrected chi connectivity index (χ4v) is 1.83. The Morgan fingerprint density at radius 1 is 1.38 bits per heavy atom. The first-order valence-corrected chi connectivity index (χ1v) is 5.68. The number of thiol groups is 1. The lowest BCUT2D eigenvalue weighted by atomic mass is 9.94. The predicted octanol–water partition coefficient (Wildman–Crippen LogP) is 1.40. The highest BCUT2D eigenvalue weighted by molar-refractivity contribution is 7.80. The molecule has 78 valence electrons. The fourth-order valence-electron chi connectivity index (χ4n) is 1.73. The smallest absolute Gasteiger partial charge is 0.0564 e. The number of rotatable bonds is 3. The van der Waals surface area contributed by atoms with Crippen LogP contribution in [0.5, 0.6) is 0 Å². The number of hydrogen-bond acceptors (Lipinski definition) is 3. The van der Waals surface area contributed by atoms with Gasteiger partial charge in [0.25, 0.3) is 0 Å². The molecule has 0 aromatic carbocycles. The van der Waals surface area contributed by atoms with E-state index in [2.05, 4.69) is 31.4 Å². The van der Waals surface area contributed by atoms with E-state index in [-0.39, 0.29) is 6.10 Å². The van der Waals surface area contributed by atoms with Gasteiger partial charge < -0.3 is 10.0 Å². The molecule has 0 spiro atoms. The van der Waals surface area contributed by atoms with E-state index in [0.717, 1.165) is 38.2 Å². The van der Waals surface area contributed by atoms with E-state index in [1.165, 1.54) is 0 Å². The van der Waals surface area contributed by atoms with Crippen molar-refractivity contribution in [2.75, 3.05) is 25.4 Å². The van der Waals surface area contributed by atoms with Crippen LogP contribution < -0.4 is 0 Å². The SMILES string of the molecule is CC(C)(CS)CN1CCC(O)CC1. The van der Waals surface area contributed by atoms with Crippen molar-refractivity contribution in [2.24, 2.45) is 5.41 Å². The standard InChI is InChI=1S/C10H21NOS/c1-10(2,8-13)7-11-5-3-9(12)4-6-11/h9,12-13H,3-8H2,1-2H3. The highest BCUT2D eigenvalue weighted by Gasteiger charge is 2.23. The number of likely N-dealkylation sites (tertiary alicyclic amines) is 1. The fraction of sp³-hybridized carbons (Fsp3) is 1.00. The summed E-state index contributed by atoms with van der Waals surface area (Å²) in [7, 11) is 0. The molecule has 3 heteroatoms. The molecule has 1 rings (SSSR count). The minimum atomic E-state index is -0.0598. The summed E-state index contributed by atoms with van der Waals surface area (Å²) in [5.41, 5.74) is 0.297. The number of hydrogen-bond donors (Lipinski definition) is 2. The molecule has 0 aliphatic carbocycles. The summed E-state index contributed by atoms with van der Waals surface area (Å²) < 4.78 is 0. The number of aliphatic hydroxyl groups is 1. The van der Waals surface area contributed by atoms with Crippen molar-refractivity contribution in [1.29, 1.82) is 0 Å². The lowest BCUT2D eigenvalue weighted by Crippen LogP contribution is -2.41. The Morgan fingerprint density at radius 2 is 1.92 bits per heavy atom. The molecule has 0 aromatic heterocycles. The third-order valence-electron chi connectivity index (χ3n) is 2.64. The van der Waals surface area contributed by atoms with Gasteiger partial charge in [-0.25, -0.2) is 0 Å². The third kappa shape index (κ3) is 3.88. The number of nitrogens with zero attached hydrogens (tertiary/aromatic N) is 1. The molecule has 0 saturated carbocycles. The molecule has 1 N–H and O–H groups in total. The lowest BCUT2D eigenvalue weighted by Gasteiger charge is -2.35. The van der Waals surface area contributed by atoms with Gasteiger partial charge in [0.1, 0.15) is 0 Å². The second-order valence-corrected chi connectivity index (χ2v) is 5.15. The van der Waals surface area contributed by atoms with E-state index >= 15 is 0 Å². The molecule has 0 amide bonds. The van der Waals surface area contributed by atoms with E-state index in [1.54, 1.807) is 0 Å². The van der Waals surface area contributed by atoms with Crippen LogP contribution in [-0.4, -0.2) is 41.5 Å². The van der Waals surface area contributed by atoms with E-state index < -0.39 is 0 Å². The first-order chi connectivity index (χ1) is 6.03. The molecule has 1 fully saturated rings. The van der Waals surface area contributed by atoms with Crippen molar-refractivity contribution in [2.45, 2.75) is 32.8 Å². The minimum absolute atomic E-state index is 0.0598. The highest BCUT2D eigenvalue weighted by atomic mass is 32.1. The average Bonchev–Trinajstić information content (AvgIpc) is 2.09. The first kappa shape index (κ1) is 11.3. The second-order valence-electron chi connectivity index (χ2n) is 4.83. The molecular weight excluding hydrogens is 182 g/mol. The van der Waals surface area contributed by atoms with Crippen molar-refractivity contribution < 1.29 is 5.11 Å². The topological polar surface area (TPSA) is 23.5 Å². The molecule has 0 unspecified atom stereocenters. The molecule has 0 radical (unpaired) electrons. The van der Waals surface area contributed by atoms with Gasteiger partial charge in [-0.1, -0.05) is 13.8 Å².